The number of hydrogen-bond donors (Lipinski definition) is 1. The van der Waals surface area contributed by atoms with Crippen LogP contribution in [0.3, 0.4) is 0 Å². The standard InChI is InChI=1S/C22H28N4O4/c1-15-13-16(29-2)5-6-17(15)21(27)23-8-11-26-19-7-12-30-14-18(19)20(24-26)22(28)25-9-3-4-10-25/h5-6,13H,3-4,7-12,14H2,1-2H3,(H,23,27). The molecule has 1 aromatic heterocycles. The van der Waals surface area contributed by atoms with Gasteiger partial charge in [-0.05, 0) is 43.5 Å². The molecule has 0 unspecified atom stereocenters. The van der Waals surface area contributed by atoms with E-state index in [0.29, 0.717) is 37.6 Å². The van der Waals surface area contributed by atoms with Crippen molar-refractivity contribution in [3.8, 4) is 5.75 Å². The number of nitrogens with zero attached hydrogens (tertiary/aromatic N) is 3. The van der Waals surface area contributed by atoms with E-state index in [1.165, 1.54) is 0 Å². The molecule has 8 nitrogen and oxygen atoms in total. The Labute approximate surface area is 176 Å². The van der Waals surface area contributed by atoms with Gasteiger partial charge in [-0.2, -0.15) is 5.10 Å². The molecule has 0 spiro atoms. The third-order valence-electron chi connectivity index (χ3n) is 5.78. The summed E-state index contributed by atoms with van der Waals surface area (Å²) < 4.78 is 12.7. The van der Waals surface area contributed by atoms with Gasteiger partial charge in [-0.1, -0.05) is 0 Å². The number of methoxy groups -OCH3 is 1. The maximum Gasteiger partial charge on any atom is 0.274 e. The van der Waals surface area contributed by atoms with Crippen LogP contribution in [0.25, 0.3) is 0 Å². The average molecular weight is 412 g/mol. The zero-order chi connectivity index (χ0) is 21.1. The molecule has 30 heavy (non-hydrogen) atoms. The van der Waals surface area contributed by atoms with Crippen molar-refractivity contribution in [1.82, 2.24) is 20.0 Å². The Bertz CT molecular complexity index is 947. The third-order valence-corrected chi connectivity index (χ3v) is 5.78. The predicted octanol–water partition coefficient (Wildman–Crippen LogP) is 1.94. The Balaban J connectivity index is 1.44. The minimum absolute atomic E-state index is 0.00843. The molecule has 1 fully saturated rings. The summed E-state index contributed by atoms with van der Waals surface area (Å²) in [5.74, 6) is 0.586. The fourth-order valence-corrected chi connectivity index (χ4v) is 4.12. The van der Waals surface area contributed by atoms with Crippen LogP contribution >= 0.6 is 0 Å². The van der Waals surface area contributed by atoms with E-state index in [0.717, 1.165) is 54.9 Å². The molecule has 160 valence electrons. The van der Waals surface area contributed by atoms with Gasteiger partial charge in [0.15, 0.2) is 5.69 Å². The van der Waals surface area contributed by atoms with Gasteiger partial charge in [0.2, 0.25) is 0 Å². The number of carbonyl (C=O) groups excluding carboxylic acids is 2. The van der Waals surface area contributed by atoms with Gasteiger partial charge >= 0.3 is 0 Å². The number of likely N-dealkylation sites (tertiary alicyclic amines) is 1. The second-order valence-corrected chi connectivity index (χ2v) is 7.74. The molecule has 1 N–H and O–H groups in total. The summed E-state index contributed by atoms with van der Waals surface area (Å²) in [6, 6.07) is 5.39. The van der Waals surface area contributed by atoms with Crippen molar-refractivity contribution >= 4 is 11.8 Å². The fourth-order valence-electron chi connectivity index (χ4n) is 4.12. The van der Waals surface area contributed by atoms with Crippen molar-refractivity contribution in [2.75, 3.05) is 33.4 Å². The lowest BCUT2D eigenvalue weighted by molar-refractivity contribution is 0.0772. The minimum atomic E-state index is -0.132. The lowest BCUT2D eigenvalue weighted by atomic mass is 10.1. The van der Waals surface area contributed by atoms with Gasteiger partial charge in [-0.15, -0.1) is 0 Å². The second kappa shape index (κ2) is 8.87. The molecule has 1 aromatic carbocycles. The highest BCUT2D eigenvalue weighted by molar-refractivity contribution is 5.96. The van der Waals surface area contributed by atoms with Crippen LogP contribution in [0.5, 0.6) is 5.75 Å². The van der Waals surface area contributed by atoms with Crippen molar-refractivity contribution in [1.29, 1.82) is 0 Å². The summed E-state index contributed by atoms with van der Waals surface area (Å²) in [5.41, 5.74) is 3.92. The summed E-state index contributed by atoms with van der Waals surface area (Å²) in [4.78, 5) is 27.3. The molecular weight excluding hydrogens is 384 g/mol. The van der Waals surface area contributed by atoms with Crippen LogP contribution in [0.15, 0.2) is 18.2 Å². The van der Waals surface area contributed by atoms with E-state index in [9.17, 15) is 9.59 Å². The highest BCUT2D eigenvalue weighted by Crippen LogP contribution is 2.23. The Kier molecular flexibility index (Phi) is 6.03. The Hall–Kier alpha value is -2.87. The highest BCUT2D eigenvalue weighted by atomic mass is 16.5. The van der Waals surface area contributed by atoms with E-state index in [2.05, 4.69) is 10.4 Å². The van der Waals surface area contributed by atoms with Gasteiger partial charge in [0.1, 0.15) is 5.75 Å². The number of aromatic nitrogens is 2. The molecular formula is C22H28N4O4. The lowest BCUT2D eigenvalue weighted by Crippen LogP contribution is -2.29. The normalized spacial score (nSPS) is 15.7. The first-order valence-corrected chi connectivity index (χ1v) is 10.5. The van der Waals surface area contributed by atoms with E-state index < -0.39 is 0 Å². The number of hydrogen-bond acceptors (Lipinski definition) is 5. The van der Waals surface area contributed by atoms with Gasteiger partial charge in [0.05, 0.1) is 26.9 Å². The van der Waals surface area contributed by atoms with Crippen molar-refractivity contribution in [3.63, 3.8) is 0 Å². The number of benzene rings is 1. The van der Waals surface area contributed by atoms with Crippen LogP contribution in [0, 0.1) is 6.92 Å². The highest BCUT2D eigenvalue weighted by Gasteiger charge is 2.29. The van der Waals surface area contributed by atoms with Gasteiger partial charge in [0, 0.05) is 42.9 Å². The molecule has 2 aliphatic rings. The van der Waals surface area contributed by atoms with Crippen LogP contribution in [0.1, 0.15) is 50.5 Å². The van der Waals surface area contributed by atoms with Crippen molar-refractivity contribution in [2.24, 2.45) is 0 Å². The van der Waals surface area contributed by atoms with Crippen molar-refractivity contribution in [2.45, 2.75) is 39.3 Å². The number of nitrogens with one attached hydrogen (secondary N) is 1. The maximum atomic E-state index is 12.9. The molecule has 2 amide bonds. The zero-order valence-electron chi connectivity index (χ0n) is 17.6. The molecule has 3 heterocycles. The smallest absolute Gasteiger partial charge is 0.274 e. The third kappa shape index (κ3) is 4.05. The number of carbonyl (C=O) groups is 2. The second-order valence-electron chi connectivity index (χ2n) is 7.74. The number of fused-ring (bicyclic) bond motifs is 1. The first kappa shape index (κ1) is 20.4. The number of aryl methyl sites for hydroxylation is 1. The van der Waals surface area contributed by atoms with Crippen LogP contribution in [0.4, 0.5) is 0 Å². The average Bonchev–Trinajstić information content (AvgIpc) is 3.42. The summed E-state index contributed by atoms with van der Waals surface area (Å²) in [5, 5.41) is 7.58. The molecule has 2 aliphatic heterocycles. The predicted molar refractivity (Wildman–Crippen MR) is 111 cm³/mol. The van der Waals surface area contributed by atoms with Gasteiger partial charge in [-0.25, -0.2) is 0 Å². The van der Waals surface area contributed by atoms with E-state index in [1.807, 2.05) is 22.6 Å². The van der Waals surface area contributed by atoms with Crippen LogP contribution in [-0.4, -0.2) is 59.8 Å². The summed E-state index contributed by atoms with van der Waals surface area (Å²) in [6.45, 7) is 5.44. The minimum Gasteiger partial charge on any atom is -0.497 e. The van der Waals surface area contributed by atoms with Crippen LogP contribution in [0.2, 0.25) is 0 Å². The topological polar surface area (TPSA) is 85.7 Å². The molecule has 0 aliphatic carbocycles. The Morgan fingerprint density at radius 1 is 1.27 bits per heavy atom. The molecule has 0 radical (unpaired) electrons. The molecule has 0 saturated carbocycles. The quantitative estimate of drug-likeness (QED) is 0.784. The van der Waals surface area contributed by atoms with E-state index in [-0.39, 0.29) is 11.8 Å². The van der Waals surface area contributed by atoms with Gasteiger partial charge in [0.25, 0.3) is 11.8 Å². The number of ether oxygens (including phenoxy) is 2. The van der Waals surface area contributed by atoms with Gasteiger partial charge in [-0.3, -0.25) is 14.3 Å². The summed E-state index contributed by atoms with van der Waals surface area (Å²) in [6.07, 6.45) is 2.81. The maximum absolute atomic E-state index is 12.9. The molecule has 0 atom stereocenters. The van der Waals surface area contributed by atoms with Crippen molar-refractivity contribution in [3.05, 3.63) is 46.3 Å². The molecule has 8 heteroatoms. The first-order valence-electron chi connectivity index (χ1n) is 10.5. The number of rotatable bonds is 6. The summed E-state index contributed by atoms with van der Waals surface area (Å²) in [7, 11) is 1.60. The largest absolute Gasteiger partial charge is 0.497 e. The van der Waals surface area contributed by atoms with E-state index >= 15 is 0 Å². The van der Waals surface area contributed by atoms with Crippen molar-refractivity contribution < 1.29 is 19.1 Å². The van der Waals surface area contributed by atoms with Crippen LogP contribution in [-0.2, 0) is 24.3 Å². The lowest BCUT2D eigenvalue weighted by Gasteiger charge is -2.17. The molecule has 2 aromatic rings. The first-order chi connectivity index (χ1) is 14.6. The molecule has 0 bridgehead atoms. The fraction of sp³-hybridized carbons (Fsp3) is 0.500. The zero-order valence-corrected chi connectivity index (χ0v) is 17.6. The Morgan fingerprint density at radius 2 is 2.07 bits per heavy atom. The Morgan fingerprint density at radius 3 is 2.80 bits per heavy atom. The summed E-state index contributed by atoms with van der Waals surface area (Å²) >= 11 is 0. The van der Waals surface area contributed by atoms with E-state index in [1.54, 1.807) is 19.2 Å². The van der Waals surface area contributed by atoms with E-state index in [4.69, 9.17) is 9.47 Å². The SMILES string of the molecule is COc1ccc(C(=O)NCCn2nc(C(=O)N3CCCC3)c3c2CCOC3)c(C)c1. The van der Waals surface area contributed by atoms with Gasteiger partial charge < -0.3 is 19.7 Å². The monoisotopic (exact) mass is 412 g/mol. The molecule has 1 saturated heterocycles. The molecule has 4 rings (SSSR count). The van der Waals surface area contributed by atoms with Crippen LogP contribution < -0.4 is 10.1 Å². The number of amides is 2.